The topological polar surface area (TPSA) is 63.6 Å². The van der Waals surface area contributed by atoms with E-state index in [4.69, 9.17) is 4.74 Å². The SMILES string of the molecule is C=CCOC(=O)CC(CCCCCCCCCCCCCCCCCCCC/C=C/CCCCCCCC)C(=O)O. The van der Waals surface area contributed by atoms with Crippen molar-refractivity contribution >= 4 is 11.9 Å². The summed E-state index contributed by atoms with van der Waals surface area (Å²) in [6.07, 6.45) is 41.5. The maximum Gasteiger partial charge on any atom is 0.307 e. The molecule has 4 heteroatoms. The number of carboxylic acids is 1. The van der Waals surface area contributed by atoms with Crippen LogP contribution in [0.2, 0.25) is 0 Å². The first kappa shape index (κ1) is 39.4. The maximum absolute atomic E-state index is 11.6. The third-order valence-electron chi connectivity index (χ3n) is 8.19. The van der Waals surface area contributed by atoms with E-state index in [1.807, 2.05) is 0 Å². The fourth-order valence-corrected chi connectivity index (χ4v) is 5.48. The number of carboxylic acid groups (broad SMARTS) is 1. The summed E-state index contributed by atoms with van der Waals surface area (Å²) in [5.41, 5.74) is 0. The van der Waals surface area contributed by atoms with Gasteiger partial charge in [-0.15, -0.1) is 0 Å². The minimum atomic E-state index is -0.899. The highest BCUT2D eigenvalue weighted by Gasteiger charge is 2.21. The second-order valence-corrected chi connectivity index (χ2v) is 12.2. The third kappa shape index (κ3) is 31.2. The number of aliphatic carboxylic acids is 1. The zero-order valence-corrected chi connectivity index (χ0v) is 27.2. The molecule has 41 heavy (non-hydrogen) atoms. The van der Waals surface area contributed by atoms with Crippen molar-refractivity contribution in [2.75, 3.05) is 6.61 Å². The van der Waals surface area contributed by atoms with E-state index in [9.17, 15) is 14.7 Å². The lowest BCUT2D eigenvalue weighted by Gasteiger charge is -2.11. The van der Waals surface area contributed by atoms with Gasteiger partial charge in [-0.05, 0) is 32.1 Å². The van der Waals surface area contributed by atoms with Gasteiger partial charge >= 0.3 is 11.9 Å². The van der Waals surface area contributed by atoms with E-state index in [-0.39, 0.29) is 13.0 Å². The number of carbonyl (C=O) groups is 2. The Morgan fingerprint density at radius 1 is 0.610 bits per heavy atom. The minimum absolute atomic E-state index is 0.0408. The smallest absolute Gasteiger partial charge is 0.307 e. The van der Waals surface area contributed by atoms with Crippen LogP contribution in [0.3, 0.4) is 0 Å². The molecule has 0 aliphatic heterocycles. The Bertz CT molecular complexity index is 612. The summed E-state index contributed by atoms with van der Waals surface area (Å²) in [5.74, 6) is -1.98. The number of ether oxygens (including phenoxy) is 1. The molecule has 1 atom stereocenters. The van der Waals surface area contributed by atoms with E-state index in [1.54, 1.807) is 0 Å². The second-order valence-electron chi connectivity index (χ2n) is 12.2. The average Bonchev–Trinajstić information content (AvgIpc) is 2.96. The van der Waals surface area contributed by atoms with Gasteiger partial charge < -0.3 is 9.84 Å². The summed E-state index contributed by atoms with van der Waals surface area (Å²) in [4.78, 5) is 23.0. The van der Waals surface area contributed by atoms with E-state index in [0.717, 1.165) is 19.3 Å². The molecule has 0 aromatic heterocycles. The van der Waals surface area contributed by atoms with Crippen LogP contribution in [-0.2, 0) is 14.3 Å². The third-order valence-corrected chi connectivity index (χ3v) is 8.19. The van der Waals surface area contributed by atoms with Crippen molar-refractivity contribution in [1.82, 2.24) is 0 Å². The first-order chi connectivity index (χ1) is 20.1. The molecule has 0 aromatic rings. The molecule has 0 amide bonds. The Morgan fingerprint density at radius 3 is 1.34 bits per heavy atom. The number of unbranched alkanes of at least 4 members (excludes halogenated alkanes) is 24. The lowest BCUT2D eigenvalue weighted by Crippen LogP contribution is -2.19. The summed E-state index contributed by atoms with van der Waals surface area (Å²) in [6, 6.07) is 0. The number of rotatable bonds is 33. The Hall–Kier alpha value is -1.58. The van der Waals surface area contributed by atoms with Crippen molar-refractivity contribution < 1.29 is 19.4 Å². The second kappa shape index (κ2) is 32.9. The largest absolute Gasteiger partial charge is 0.481 e. The van der Waals surface area contributed by atoms with Gasteiger partial charge in [0.1, 0.15) is 6.61 Å². The number of allylic oxidation sites excluding steroid dienone is 2. The summed E-state index contributed by atoms with van der Waals surface area (Å²) in [5, 5.41) is 9.32. The molecule has 0 bridgehead atoms. The summed E-state index contributed by atoms with van der Waals surface area (Å²) < 4.78 is 4.91. The van der Waals surface area contributed by atoms with Gasteiger partial charge in [-0.2, -0.15) is 0 Å². The lowest BCUT2D eigenvalue weighted by molar-refractivity contribution is -0.151. The van der Waals surface area contributed by atoms with Crippen molar-refractivity contribution in [2.45, 2.75) is 187 Å². The highest BCUT2D eigenvalue weighted by Crippen LogP contribution is 2.18. The average molecular weight is 577 g/mol. The Labute approximate surface area is 255 Å². The quantitative estimate of drug-likeness (QED) is 0.0479. The molecule has 0 heterocycles. The summed E-state index contributed by atoms with van der Waals surface area (Å²) >= 11 is 0. The van der Waals surface area contributed by atoms with Crippen molar-refractivity contribution in [1.29, 1.82) is 0 Å². The van der Waals surface area contributed by atoms with Crippen molar-refractivity contribution in [2.24, 2.45) is 5.92 Å². The molecule has 0 aromatic carbocycles. The molecule has 0 spiro atoms. The van der Waals surface area contributed by atoms with Gasteiger partial charge in [0.05, 0.1) is 12.3 Å². The highest BCUT2D eigenvalue weighted by molar-refractivity contribution is 5.78. The Balaban J connectivity index is 3.29. The molecule has 0 radical (unpaired) electrons. The summed E-state index contributed by atoms with van der Waals surface area (Å²) in [7, 11) is 0. The highest BCUT2D eigenvalue weighted by atomic mass is 16.5. The fraction of sp³-hybridized carbons (Fsp3) is 0.838. The minimum Gasteiger partial charge on any atom is -0.481 e. The molecular weight excluding hydrogens is 508 g/mol. The fourth-order valence-electron chi connectivity index (χ4n) is 5.48. The molecule has 0 fully saturated rings. The first-order valence-electron chi connectivity index (χ1n) is 17.8. The van der Waals surface area contributed by atoms with Gasteiger partial charge in [-0.3, -0.25) is 9.59 Å². The van der Waals surface area contributed by atoms with E-state index in [2.05, 4.69) is 25.7 Å². The molecule has 0 aliphatic rings. The summed E-state index contributed by atoms with van der Waals surface area (Å²) in [6.45, 7) is 5.92. The molecule has 1 N–H and O–H groups in total. The number of carbonyl (C=O) groups excluding carboxylic acids is 1. The van der Waals surface area contributed by atoms with Gasteiger partial charge in [0, 0.05) is 0 Å². The number of hydrogen-bond acceptors (Lipinski definition) is 3. The van der Waals surface area contributed by atoms with Crippen LogP contribution in [0.5, 0.6) is 0 Å². The van der Waals surface area contributed by atoms with Crippen molar-refractivity contribution in [3.63, 3.8) is 0 Å². The molecular formula is C37H68O4. The van der Waals surface area contributed by atoms with E-state index in [0.29, 0.717) is 6.42 Å². The van der Waals surface area contributed by atoms with Crippen LogP contribution in [0.1, 0.15) is 187 Å². The molecule has 0 rings (SSSR count). The molecule has 0 saturated carbocycles. The zero-order chi connectivity index (χ0) is 30.1. The van der Waals surface area contributed by atoms with Crippen LogP contribution in [0, 0.1) is 5.92 Å². The molecule has 240 valence electrons. The molecule has 1 unspecified atom stereocenters. The first-order valence-corrected chi connectivity index (χ1v) is 17.8. The maximum atomic E-state index is 11.6. The monoisotopic (exact) mass is 577 g/mol. The van der Waals surface area contributed by atoms with Crippen LogP contribution in [0.25, 0.3) is 0 Å². The normalized spacial score (nSPS) is 12.1. The zero-order valence-electron chi connectivity index (χ0n) is 27.2. The van der Waals surface area contributed by atoms with Crippen LogP contribution in [0.15, 0.2) is 24.8 Å². The van der Waals surface area contributed by atoms with Gasteiger partial charge in [-0.1, -0.05) is 173 Å². The molecule has 0 aliphatic carbocycles. The predicted octanol–water partition coefficient (Wildman–Crippen LogP) is 11.9. The Morgan fingerprint density at radius 2 is 0.976 bits per heavy atom. The van der Waals surface area contributed by atoms with Gasteiger partial charge in [0.15, 0.2) is 0 Å². The van der Waals surface area contributed by atoms with E-state index >= 15 is 0 Å². The number of esters is 1. The van der Waals surface area contributed by atoms with Crippen molar-refractivity contribution in [3.05, 3.63) is 24.8 Å². The number of hydrogen-bond donors (Lipinski definition) is 1. The van der Waals surface area contributed by atoms with Gasteiger partial charge in [-0.25, -0.2) is 0 Å². The molecule has 0 saturated heterocycles. The Kier molecular flexibility index (Phi) is 31.7. The predicted molar refractivity (Wildman–Crippen MR) is 176 cm³/mol. The van der Waals surface area contributed by atoms with Crippen molar-refractivity contribution in [3.8, 4) is 0 Å². The van der Waals surface area contributed by atoms with Crippen LogP contribution in [0.4, 0.5) is 0 Å². The van der Waals surface area contributed by atoms with E-state index in [1.165, 1.54) is 154 Å². The van der Waals surface area contributed by atoms with Gasteiger partial charge in [0.2, 0.25) is 0 Å². The standard InChI is InChI=1S/C37H68O4/c1-3-5-6-7-8-9-10-11-12-13-14-15-16-17-18-19-20-21-22-23-24-25-26-27-28-29-30-31-32-35(37(39)40)34-36(38)41-33-4-2/h4,11-12,35H,2-3,5-10,13-34H2,1H3,(H,39,40)/b12-11+. The van der Waals surface area contributed by atoms with Gasteiger partial charge in [0.25, 0.3) is 0 Å². The van der Waals surface area contributed by atoms with Crippen LogP contribution in [-0.4, -0.2) is 23.7 Å². The van der Waals surface area contributed by atoms with Crippen LogP contribution < -0.4 is 0 Å². The van der Waals surface area contributed by atoms with Crippen LogP contribution >= 0.6 is 0 Å². The van der Waals surface area contributed by atoms with E-state index < -0.39 is 17.9 Å². The molecule has 4 nitrogen and oxygen atoms in total. The lowest BCUT2D eigenvalue weighted by atomic mass is 9.97.